The molecule has 0 bridgehead atoms. The maximum Gasteiger partial charge on any atom is 0.417 e. The van der Waals surface area contributed by atoms with Crippen LogP contribution in [0.3, 0.4) is 0 Å². The van der Waals surface area contributed by atoms with Crippen LogP contribution in [-0.2, 0) is 16.0 Å². The second-order valence-corrected chi connectivity index (χ2v) is 6.16. The minimum Gasteiger partial charge on any atom is -0.444 e. The van der Waals surface area contributed by atoms with Crippen LogP contribution in [0.5, 0.6) is 0 Å². The van der Waals surface area contributed by atoms with Crippen LogP contribution in [0.15, 0.2) is 40.0 Å². The topological polar surface area (TPSA) is 60.2 Å². The molecule has 0 radical (unpaired) electrons. The van der Waals surface area contributed by atoms with E-state index in [2.05, 4.69) is 4.98 Å². The van der Waals surface area contributed by atoms with Crippen LogP contribution in [0.1, 0.15) is 12.5 Å². The molecule has 0 saturated carbocycles. The number of alkyl halides is 3. The highest BCUT2D eigenvalue weighted by atomic mass is 32.2. The lowest BCUT2D eigenvalue weighted by Gasteiger charge is -2.14. The van der Waals surface area contributed by atoms with E-state index in [1.54, 1.807) is 0 Å². The third kappa shape index (κ3) is 2.55. The van der Waals surface area contributed by atoms with E-state index in [0.717, 1.165) is 30.7 Å². The fourth-order valence-electron chi connectivity index (χ4n) is 1.75. The van der Waals surface area contributed by atoms with Gasteiger partial charge < -0.3 is 4.42 Å². The molecule has 0 aliphatic carbocycles. The van der Waals surface area contributed by atoms with Crippen LogP contribution in [0.25, 0.3) is 11.5 Å². The van der Waals surface area contributed by atoms with E-state index in [1.807, 2.05) is 0 Å². The lowest BCUT2D eigenvalue weighted by atomic mass is 10.1. The van der Waals surface area contributed by atoms with Crippen molar-refractivity contribution < 1.29 is 26.0 Å². The summed E-state index contributed by atoms with van der Waals surface area (Å²) in [5.74, 6) is -0.688. The second-order valence-electron chi connectivity index (χ2n) is 3.92. The van der Waals surface area contributed by atoms with Crippen molar-refractivity contribution in [3.05, 3.63) is 36.2 Å². The summed E-state index contributed by atoms with van der Waals surface area (Å²) in [7, 11) is -3.84. The van der Waals surface area contributed by atoms with Gasteiger partial charge in [0.15, 0.2) is 9.84 Å². The third-order valence-electron chi connectivity index (χ3n) is 2.69. The van der Waals surface area contributed by atoms with E-state index in [-0.39, 0.29) is 11.6 Å². The van der Waals surface area contributed by atoms with Gasteiger partial charge in [-0.15, -0.1) is 0 Å². The standard InChI is InChI=1S/C12H10F3NO3S/c1-2-20(17,18)9-5-3-4-8(12(13,14)15)10(9)11-16-6-7-19-11/h3-7H,2H2,1H3. The van der Waals surface area contributed by atoms with E-state index in [9.17, 15) is 21.6 Å². The van der Waals surface area contributed by atoms with Crippen LogP contribution in [-0.4, -0.2) is 19.2 Å². The van der Waals surface area contributed by atoms with Crippen molar-refractivity contribution in [2.24, 2.45) is 0 Å². The molecule has 0 saturated heterocycles. The molecule has 0 amide bonds. The summed E-state index contributed by atoms with van der Waals surface area (Å²) < 4.78 is 67.9. The average Bonchev–Trinajstić information content (AvgIpc) is 2.90. The molecule has 4 nitrogen and oxygen atoms in total. The number of hydrogen-bond acceptors (Lipinski definition) is 4. The van der Waals surface area contributed by atoms with Crippen LogP contribution in [0, 0.1) is 0 Å². The van der Waals surface area contributed by atoms with Gasteiger partial charge in [-0.25, -0.2) is 13.4 Å². The molecule has 0 spiro atoms. The van der Waals surface area contributed by atoms with Crippen molar-refractivity contribution in [3.8, 4) is 11.5 Å². The lowest BCUT2D eigenvalue weighted by molar-refractivity contribution is -0.137. The summed E-state index contributed by atoms with van der Waals surface area (Å²) in [5, 5.41) is 0. The molecule has 8 heteroatoms. The van der Waals surface area contributed by atoms with Gasteiger partial charge in [0.2, 0.25) is 5.89 Å². The number of sulfone groups is 1. The average molecular weight is 305 g/mol. The maximum absolute atomic E-state index is 13.0. The minimum atomic E-state index is -4.71. The molecule has 2 rings (SSSR count). The van der Waals surface area contributed by atoms with Gasteiger partial charge in [-0.2, -0.15) is 13.2 Å². The fourth-order valence-corrected chi connectivity index (χ4v) is 2.85. The highest BCUT2D eigenvalue weighted by Gasteiger charge is 2.37. The van der Waals surface area contributed by atoms with E-state index >= 15 is 0 Å². The first-order valence-corrected chi connectivity index (χ1v) is 7.25. The molecule has 0 aliphatic heterocycles. The molecule has 20 heavy (non-hydrogen) atoms. The van der Waals surface area contributed by atoms with Crippen LogP contribution < -0.4 is 0 Å². The predicted octanol–water partition coefficient (Wildman–Crippen LogP) is 3.15. The smallest absolute Gasteiger partial charge is 0.417 e. The van der Waals surface area contributed by atoms with Crippen molar-refractivity contribution in [1.82, 2.24) is 4.98 Å². The van der Waals surface area contributed by atoms with Gasteiger partial charge >= 0.3 is 6.18 Å². The first-order chi connectivity index (χ1) is 9.27. The minimum absolute atomic E-state index is 0.317. The largest absolute Gasteiger partial charge is 0.444 e. The number of rotatable bonds is 3. The Morgan fingerprint density at radius 1 is 1.30 bits per heavy atom. The van der Waals surface area contributed by atoms with Crippen molar-refractivity contribution in [2.45, 2.75) is 18.0 Å². The molecule has 1 aromatic heterocycles. The molecule has 2 aromatic rings. The Kier molecular flexibility index (Phi) is 3.59. The Morgan fingerprint density at radius 3 is 2.50 bits per heavy atom. The third-order valence-corrected chi connectivity index (χ3v) is 4.46. The Morgan fingerprint density at radius 2 is 2.00 bits per heavy atom. The molecular formula is C12H10F3NO3S. The number of oxazole rings is 1. The molecule has 0 unspecified atom stereocenters. The molecule has 108 valence electrons. The summed E-state index contributed by atoms with van der Waals surface area (Å²) in [6.07, 6.45) is -2.46. The van der Waals surface area contributed by atoms with Gasteiger partial charge in [0.25, 0.3) is 0 Å². The second kappa shape index (κ2) is 4.93. The van der Waals surface area contributed by atoms with Crippen LogP contribution >= 0.6 is 0 Å². The van der Waals surface area contributed by atoms with Gasteiger partial charge in [-0.3, -0.25) is 0 Å². The first-order valence-electron chi connectivity index (χ1n) is 5.60. The van der Waals surface area contributed by atoms with Crippen molar-refractivity contribution in [3.63, 3.8) is 0 Å². The summed E-state index contributed by atoms with van der Waals surface area (Å²) in [6.45, 7) is 1.36. The van der Waals surface area contributed by atoms with Gasteiger partial charge in [-0.05, 0) is 12.1 Å². The van der Waals surface area contributed by atoms with Gasteiger partial charge in [0.05, 0.1) is 28.0 Å². The monoisotopic (exact) mass is 305 g/mol. The van der Waals surface area contributed by atoms with Gasteiger partial charge in [0, 0.05) is 0 Å². The zero-order chi connectivity index (χ0) is 15.0. The zero-order valence-corrected chi connectivity index (χ0v) is 11.1. The molecule has 0 atom stereocenters. The molecule has 0 fully saturated rings. The predicted molar refractivity (Wildman–Crippen MR) is 64.7 cm³/mol. The van der Waals surface area contributed by atoms with Crippen LogP contribution in [0.2, 0.25) is 0 Å². The van der Waals surface area contributed by atoms with Crippen molar-refractivity contribution >= 4 is 9.84 Å². The quantitative estimate of drug-likeness (QED) is 0.874. The number of benzene rings is 1. The zero-order valence-electron chi connectivity index (χ0n) is 10.3. The summed E-state index contributed by atoms with van der Waals surface area (Å²) in [6, 6.07) is 2.97. The summed E-state index contributed by atoms with van der Waals surface area (Å²) in [4.78, 5) is 3.20. The fraction of sp³-hybridized carbons (Fsp3) is 0.250. The summed E-state index contributed by atoms with van der Waals surface area (Å²) in [5.41, 5.74) is -1.64. The van der Waals surface area contributed by atoms with E-state index < -0.39 is 32.0 Å². The molecule has 1 aromatic carbocycles. The lowest BCUT2D eigenvalue weighted by Crippen LogP contribution is -2.12. The van der Waals surface area contributed by atoms with E-state index in [4.69, 9.17) is 4.42 Å². The Labute approximate surface area is 113 Å². The Balaban J connectivity index is 2.84. The number of halogens is 3. The number of nitrogens with zero attached hydrogens (tertiary/aromatic N) is 1. The highest BCUT2D eigenvalue weighted by molar-refractivity contribution is 7.91. The Hall–Kier alpha value is -1.83. The summed E-state index contributed by atoms with van der Waals surface area (Å²) >= 11 is 0. The van der Waals surface area contributed by atoms with Crippen molar-refractivity contribution in [2.75, 3.05) is 5.75 Å². The van der Waals surface area contributed by atoms with Gasteiger partial charge in [0.1, 0.15) is 6.26 Å². The Bertz CT molecular complexity index is 706. The number of aromatic nitrogens is 1. The maximum atomic E-state index is 13.0. The van der Waals surface area contributed by atoms with Crippen molar-refractivity contribution in [1.29, 1.82) is 0 Å². The highest BCUT2D eigenvalue weighted by Crippen LogP contribution is 2.40. The first kappa shape index (κ1) is 14.6. The SMILES string of the molecule is CCS(=O)(=O)c1cccc(C(F)(F)F)c1-c1ncco1. The normalized spacial score (nSPS) is 12.6. The molecule has 0 aliphatic rings. The number of hydrogen-bond donors (Lipinski definition) is 0. The molecule has 1 heterocycles. The van der Waals surface area contributed by atoms with E-state index in [1.165, 1.54) is 6.92 Å². The van der Waals surface area contributed by atoms with Gasteiger partial charge in [-0.1, -0.05) is 13.0 Å². The van der Waals surface area contributed by atoms with E-state index in [0.29, 0.717) is 0 Å². The molecule has 0 N–H and O–H groups in total. The van der Waals surface area contributed by atoms with Crippen LogP contribution in [0.4, 0.5) is 13.2 Å². The molecular weight excluding hydrogens is 295 g/mol.